The molecule has 0 aliphatic carbocycles. The Balaban J connectivity index is 2.09. The molecule has 134 valence electrons. The number of rotatable bonds is 4. The van der Waals surface area contributed by atoms with Gasteiger partial charge in [-0.15, -0.1) is 0 Å². The van der Waals surface area contributed by atoms with Gasteiger partial charge in [0, 0.05) is 17.6 Å². The van der Waals surface area contributed by atoms with E-state index in [4.69, 9.17) is 0 Å². The second-order valence-electron chi connectivity index (χ2n) is 7.41. The highest BCUT2D eigenvalue weighted by Crippen LogP contribution is 2.23. The number of carbonyl (C=O) groups excluding carboxylic acids is 1. The van der Waals surface area contributed by atoms with E-state index in [1.54, 1.807) is 0 Å². The second-order valence-corrected chi connectivity index (χ2v) is 7.41. The molecule has 0 saturated heterocycles. The van der Waals surface area contributed by atoms with Crippen LogP contribution in [0.4, 0.5) is 11.4 Å². The van der Waals surface area contributed by atoms with E-state index in [2.05, 4.69) is 31.4 Å². The summed E-state index contributed by atoms with van der Waals surface area (Å²) in [7, 11) is 0. The van der Waals surface area contributed by atoms with Crippen molar-refractivity contribution >= 4 is 17.3 Å². The van der Waals surface area contributed by atoms with Crippen LogP contribution < -0.4 is 10.6 Å². The summed E-state index contributed by atoms with van der Waals surface area (Å²) in [5.41, 5.74) is 4.93. The Bertz CT molecular complexity index is 866. The van der Waals surface area contributed by atoms with E-state index in [0.29, 0.717) is 5.69 Å². The quantitative estimate of drug-likeness (QED) is 0.600. The van der Waals surface area contributed by atoms with E-state index < -0.39 is 5.91 Å². The third kappa shape index (κ3) is 4.97. The van der Waals surface area contributed by atoms with Crippen LogP contribution in [0.15, 0.2) is 54.2 Å². The highest BCUT2D eigenvalue weighted by Gasteiger charge is 2.13. The standard InChI is InChI=1S/C22H25N3O/c1-15-6-11-20(16(2)12-15)25-21(26)17(13-23)14-24-19-9-7-18(8-10-19)22(3,4)5/h6-12,14,24H,1-5H3,(H,25,26)/b17-14-. The number of hydrogen-bond acceptors (Lipinski definition) is 3. The van der Waals surface area contributed by atoms with Crippen molar-refractivity contribution in [3.8, 4) is 6.07 Å². The van der Waals surface area contributed by atoms with Gasteiger partial charge in [-0.25, -0.2) is 0 Å². The molecule has 0 unspecified atom stereocenters. The van der Waals surface area contributed by atoms with Gasteiger partial charge in [0.2, 0.25) is 0 Å². The van der Waals surface area contributed by atoms with Gasteiger partial charge in [-0.2, -0.15) is 5.26 Å². The molecule has 4 nitrogen and oxygen atoms in total. The fraction of sp³-hybridized carbons (Fsp3) is 0.273. The van der Waals surface area contributed by atoms with E-state index in [0.717, 1.165) is 16.8 Å². The van der Waals surface area contributed by atoms with Crippen molar-refractivity contribution < 1.29 is 4.79 Å². The predicted molar refractivity (Wildman–Crippen MR) is 107 cm³/mol. The molecule has 1 amide bonds. The minimum absolute atomic E-state index is 0.0184. The summed E-state index contributed by atoms with van der Waals surface area (Å²) in [5.74, 6) is -0.432. The average molecular weight is 347 g/mol. The van der Waals surface area contributed by atoms with Crippen LogP contribution in [-0.2, 0) is 10.2 Å². The first-order valence-electron chi connectivity index (χ1n) is 8.56. The van der Waals surface area contributed by atoms with Crippen molar-refractivity contribution in [1.82, 2.24) is 0 Å². The first kappa shape index (κ1) is 19.3. The molecule has 0 fully saturated rings. The summed E-state index contributed by atoms with van der Waals surface area (Å²) in [6.45, 7) is 10.4. The van der Waals surface area contributed by atoms with Crippen molar-refractivity contribution in [2.24, 2.45) is 0 Å². The summed E-state index contributed by atoms with van der Waals surface area (Å²) in [6, 6.07) is 15.7. The van der Waals surface area contributed by atoms with Crippen LogP contribution in [0.5, 0.6) is 0 Å². The van der Waals surface area contributed by atoms with Crippen LogP contribution in [0.1, 0.15) is 37.5 Å². The van der Waals surface area contributed by atoms with Gasteiger partial charge in [0.05, 0.1) is 0 Å². The Morgan fingerprint density at radius 3 is 2.27 bits per heavy atom. The number of nitrogens with one attached hydrogen (secondary N) is 2. The molecule has 2 rings (SSSR count). The minimum atomic E-state index is -0.432. The van der Waals surface area contributed by atoms with Gasteiger partial charge >= 0.3 is 0 Å². The monoisotopic (exact) mass is 347 g/mol. The first-order chi connectivity index (χ1) is 12.2. The Kier molecular flexibility index (Phi) is 5.84. The van der Waals surface area contributed by atoms with Gasteiger partial charge in [-0.1, -0.05) is 50.6 Å². The third-order valence-electron chi connectivity index (χ3n) is 4.13. The van der Waals surface area contributed by atoms with Gasteiger partial charge < -0.3 is 10.6 Å². The summed E-state index contributed by atoms with van der Waals surface area (Å²) >= 11 is 0. The maximum atomic E-state index is 12.3. The fourth-order valence-electron chi connectivity index (χ4n) is 2.51. The predicted octanol–water partition coefficient (Wildman–Crippen LogP) is 5.06. The molecule has 2 aromatic rings. The molecule has 0 aliphatic heterocycles. The van der Waals surface area contributed by atoms with Crippen LogP contribution in [0.3, 0.4) is 0 Å². The highest BCUT2D eigenvalue weighted by atomic mass is 16.1. The van der Waals surface area contributed by atoms with Gasteiger partial charge in [0.15, 0.2) is 0 Å². The van der Waals surface area contributed by atoms with E-state index >= 15 is 0 Å². The lowest BCUT2D eigenvalue weighted by atomic mass is 9.87. The fourth-order valence-corrected chi connectivity index (χ4v) is 2.51. The van der Waals surface area contributed by atoms with E-state index in [1.165, 1.54) is 11.8 Å². The SMILES string of the molecule is Cc1ccc(NC(=O)/C(C#N)=C\Nc2ccc(C(C)(C)C)cc2)c(C)c1. The number of anilines is 2. The lowest BCUT2D eigenvalue weighted by Crippen LogP contribution is -2.15. The number of hydrogen-bond donors (Lipinski definition) is 2. The molecule has 4 heteroatoms. The number of amides is 1. The average Bonchev–Trinajstić information content (AvgIpc) is 2.57. The molecule has 0 aliphatic rings. The zero-order valence-electron chi connectivity index (χ0n) is 16.0. The van der Waals surface area contributed by atoms with Crippen LogP contribution in [0.25, 0.3) is 0 Å². The van der Waals surface area contributed by atoms with Gasteiger partial charge in [-0.3, -0.25) is 4.79 Å². The van der Waals surface area contributed by atoms with Crippen molar-refractivity contribution in [3.05, 3.63) is 70.9 Å². The normalized spacial score (nSPS) is 11.6. The van der Waals surface area contributed by atoms with Crippen molar-refractivity contribution in [2.45, 2.75) is 40.0 Å². The maximum absolute atomic E-state index is 12.3. The topological polar surface area (TPSA) is 64.9 Å². The van der Waals surface area contributed by atoms with Gasteiger partial charge in [0.1, 0.15) is 11.6 Å². The summed E-state index contributed by atoms with van der Waals surface area (Å²) in [5, 5.41) is 15.1. The van der Waals surface area contributed by atoms with E-state index in [9.17, 15) is 10.1 Å². The molecule has 0 bridgehead atoms. The Labute approximate surface area is 155 Å². The smallest absolute Gasteiger partial charge is 0.267 e. The Hall–Kier alpha value is -3.06. The Morgan fingerprint density at radius 2 is 1.73 bits per heavy atom. The van der Waals surface area contributed by atoms with Gasteiger partial charge in [0.25, 0.3) is 5.91 Å². The molecule has 0 atom stereocenters. The number of nitriles is 1. The number of benzene rings is 2. The molecule has 0 heterocycles. The molecule has 0 saturated carbocycles. The number of carbonyl (C=O) groups is 1. The third-order valence-corrected chi connectivity index (χ3v) is 4.13. The minimum Gasteiger partial charge on any atom is -0.360 e. The van der Waals surface area contributed by atoms with Crippen LogP contribution in [0.2, 0.25) is 0 Å². The molecule has 2 N–H and O–H groups in total. The molecule has 0 radical (unpaired) electrons. The molecular weight excluding hydrogens is 322 g/mol. The lowest BCUT2D eigenvalue weighted by Gasteiger charge is -2.19. The highest BCUT2D eigenvalue weighted by molar-refractivity contribution is 6.07. The summed E-state index contributed by atoms with van der Waals surface area (Å²) < 4.78 is 0. The summed E-state index contributed by atoms with van der Waals surface area (Å²) in [6.07, 6.45) is 1.44. The van der Waals surface area contributed by atoms with Crippen molar-refractivity contribution in [1.29, 1.82) is 5.26 Å². The zero-order chi connectivity index (χ0) is 19.3. The second kappa shape index (κ2) is 7.88. The van der Waals surface area contributed by atoms with Crippen LogP contribution in [0, 0.1) is 25.2 Å². The molecule has 2 aromatic carbocycles. The lowest BCUT2D eigenvalue weighted by molar-refractivity contribution is -0.112. The number of nitrogens with zero attached hydrogens (tertiary/aromatic N) is 1. The van der Waals surface area contributed by atoms with Crippen LogP contribution in [-0.4, -0.2) is 5.91 Å². The summed E-state index contributed by atoms with van der Waals surface area (Å²) in [4.78, 5) is 12.3. The maximum Gasteiger partial charge on any atom is 0.267 e. The molecule has 0 aromatic heterocycles. The van der Waals surface area contributed by atoms with Crippen LogP contribution >= 0.6 is 0 Å². The molecule has 0 spiro atoms. The molecular formula is C22H25N3O. The Morgan fingerprint density at radius 1 is 1.08 bits per heavy atom. The first-order valence-corrected chi connectivity index (χ1v) is 8.56. The molecule has 26 heavy (non-hydrogen) atoms. The number of aryl methyl sites for hydroxylation is 2. The van der Waals surface area contributed by atoms with E-state index in [1.807, 2.05) is 62.4 Å². The van der Waals surface area contributed by atoms with E-state index in [-0.39, 0.29) is 11.0 Å². The van der Waals surface area contributed by atoms with Crippen molar-refractivity contribution in [2.75, 3.05) is 10.6 Å². The zero-order valence-corrected chi connectivity index (χ0v) is 16.0. The van der Waals surface area contributed by atoms with Gasteiger partial charge in [-0.05, 0) is 48.6 Å². The van der Waals surface area contributed by atoms with Crippen molar-refractivity contribution in [3.63, 3.8) is 0 Å². The largest absolute Gasteiger partial charge is 0.360 e.